The molecule has 3 rings (SSSR count). The van der Waals surface area contributed by atoms with Crippen LogP contribution in [0.4, 0.5) is 4.39 Å². The third kappa shape index (κ3) is 1.37. The van der Waals surface area contributed by atoms with E-state index in [1.54, 1.807) is 6.07 Å². The highest BCUT2D eigenvalue weighted by molar-refractivity contribution is 5.45. The van der Waals surface area contributed by atoms with Crippen molar-refractivity contribution < 1.29 is 9.13 Å². The van der Waals surface area contributed by atoms with Crippen LogP contribution in [0.3, 0.4) is 0 Å². The van der Waals surface area contributed by atoms with Crippen molar-refractivity contribution in [1.82, 2.24) is 9.66 Å². The fraction of sp³-hybridized carbons (Fsp3) is 0.0909. The van der Waals surface area contributed by atoms with Gasteiger partial charge in [-0.3, -0.25) is 5.41 Å². The standard InChI is InChI=1S/C11H9FN4O/c12-11-15-10-7(9(13)16(11)14)5-6-3-1-2-4-8(6)17-10/h1-4,13H,5,14H2. The van der Waals surface area contributed by atoms with Gasteiger partial charge in [0, 0.05) is 6.42 Å². The number of ether oxygens (including phenoxy) is 1. The van der Waals surface area contributed by atoms with Crippen molar-refractivity contribution in [2.45, 2.75) is 6.42 Å². The molecule has 3 N–H and O–H groups in total. The Balaban J connectivity index is 2.22. The molecule has 1 aromatic heterocycles. The first-order chi connectivity index (χ1) is 8.16. The summed E-state index contributed by atoms with van der Waals surface area (Å²) in [6.45, 7) is 0. The van der Waals surface area contributed by atoms with Gasteiger partial charge in [-0.25, -0.2) is 4.68 Å². The summed E-state index contributed by atoms with van der Waals surface area (Å²) in [4.78, 5) is 3.60. The van der Waals surface area contributed by atoms with Crippen LogP contribution >= 0.6 is 0 Å². The molecular weight excluding hydrogens is 223 g/mol. The van der Waals surface area contributed by atoms with E-state index in [4.69, 9.17) is 16.0 Å². The molecule has 0 saturated heterocycles. The summed E-state index contributed by atoms with van der Waals surface area (Å²) in [6, 6.07) is 7.38. The number of hydrogen-bond acceptors (Lipinski definition) is 4. The van der Waals surface area contributed by atoms with Crippen LogP contribution in [-0.2, 0) is 6.42 Å². The fourth-order valence-electron chi connectivity index (χ4n) is 1.83. The first-order valence-corrected chi connectivity index (χ1v) is 5.03. The van der Waals surface area contributed by atoms with E-state index in [9.17, 15) is 4.39 Å². The van der Waals surface area contributed by atoms with Gasteiger partial charge in [-0.05, 0) is 11.6 Å². The molecule has 1 aliphatic rings. The number of para-hydroxylation sites is 1. The number of halogens is 1. The molecule has 0 spiro atoms. The average molecular weight is 232 g/mol. The first-order valence-electron chi connectivity index (χ1n) is 5.03. The highest BCUT2D eigenvalue weighted by Gasteiger charge is 2.21. The van der Waals surface area contributed by atoms with Gasteiger partial charge in [0.25, 0.3) is 0 Å². The zero-order valence-corrected chi connectivity index (χ0v) is 8.77. The summed E-state index contributed by atoms with van der Waals surface area (Å²) in [6.07, 6.45) is -0.470. The monoisotopic (exact) mass is 232 g/mol. The summed E-state index contributed by atoms with van der Waals surface area (Å²) < 4.78 is 19.3. The molecule has 0 bridgehead atoms. The van der Waals surface area contributed by atoms with Crippen LogP contribution in [0, 0.1) is 11.5 Å². The molecule has 5 nitrogen and oxygen atoms in total. The van der Waals surface area contributed by atoms with Gasteiger partial charge in [0.05, 0.1) is 5.56 Å². The van der Waals surface area contributed by atoms with E-state index in [1.807, 2.05) is 18.2 Å². The van der Waals surface area contributed by atoms with Crippen molar-refractivity contribution in [2.75, 3.05) is 5.84 Å². The maximum Gasteiger partial charge on any atom is 0.312 e. The summed E-state index contributed by atoms with van der Waals surface area (Å²) in [5.41, 5.74) is 1.30. The molecule has 0 amide bonds. The fourth-order valence-corrected chi connectivity index (χ4v) is 1.83. The molecule has 0 aliphatic carbocycles. The van der Waals surface area contributed by atoms with Gasteiger partial charge in [0.2, 0.25) is 5.88 Å². The van der Waals surface area contributed by atoms with E-state index in [0.717, 1.165) is 5.56 Å². The molecule has 2 heterocycles. The number of hydrogen-bond donors (Lipinski definition) is 2. The van der Waals surface area contributed by atoms with Crippen molar-refractivity contribution in [3.63, 3.8) is 0 Å². The molecule has 2 aromatic rings. The minimum absolute atomic E-state index is 0.118. The molecule has 0 unspecified atom stereocenters. The Kier molecular flexibility index (Phi) is 1.91. The number of nitrogen functional groups attached to an aromatic ring is 1. The number of aromatic nitrogens is 2. The van der Waals surface area contributed by atoms with Crippen LogP contribution in [0.25, 0.3) is 0 Å². The van der Waals surface area contributed by atoms with Crippen LogP contribution < -0.4 is 16.1 Å². The van der Waals surface area contributed by atoms with Crippen molar-refractivity contribution >= 4 is 0 Å². The molecule has 0 radical (unpaired) electrons. The first kappa shape index (κ1) is 9.83. The topological polar surface area (TPSA) is 76.9 Å². The molecule has 86 valence electrons. The lowest BCUT2D eigenvalue weighted by molar-refractivity contribution is 0.396. The van der Waals surface area contributed by atoms with Gasteiger partial charge in [-0.15, -0.1) is 0 Å². The average Bonchev–Trinajstić information content (AvgIpc) is 2.34. The maximum atomic E-state index is 13.3. The third-order valence-electron chi connectivity index (χ3n) is 2.72. The lowest BCUT2D eigenvalue weighted by Crippen LogP contribution is -2.35. The molecule has 6 heteroatoms. The lowest BCUT2D eigenvalue weighted by Gasteiger charge is -2.19. The lowest BCUT2D eigenvalue weighted by atomic mass is 10.0. The van der Waals surface area contributed by atoms with Crippen molar-refractivity contribution in [2.24, 2.45) is 0 Å². The van der Waals surface area contributed by atoms with Gasteiger partial charge < -0.3 is 10.6 Å². The van der Waals surface area contributed by atoms with E-state index >= 15 is 0 Å². The highest BCUT2D eigenvalue weighted by atomic mass is 19.1. The van der Waals surface area contributed by atoms with Crippen molar-refractivity contribution in [1.29, 1.82) is 5.41 Å². The van der Waals surface area contributed by atoms with E-state index in [0.29, 0.717) is 22.4 Å². The van der Waals surface area contributed by atoms with Crippen molar-refractivity contribution in [3.05, 3.63) is 47.0 Å². The predicted molar refractivity (Wildman–Crippen MR) is 57.5 cm³/mol. The van der Waals surface area contributed by atoms with Gasteiger partial charge in [0.15, 0.2) is 5.49 Å². The molecular formula is C11H9FN4O. The zero-order valence-electron chi connectivity index (χ0n) is 8.77. The largest absolute Gasteiger partial charge is 0.438 e. The summed E-state index contributed by atoms with van der Waals surface area (Å²) >= 11 is 0. The Morgan fingerprint density at radius 1 is 1.41 bits per heavy atom. The van der Waals surface area contributed by atoms with Gasteiger partial charge in [-0.1, -0.05) is 18.2 Å². The molecule has 0 saturated carbocycles. The van der Waals surface area contributed by atoms with Crippen LogP contribution in [0.5, 0.6) is 11.6 Å². The quantitative estimate of drug-likeness (QED) is 0.447. The minimum atomic E-state index is -0.937. The second kappa shape index (κ2) is 3.31. The molecule has 0 fully saturated rings. The number of nitrogens with zero attached hydrogens (tertiary/aromatic N) is 2. The van der Waals surface area contributed by atoms with Gasteiger partial charge >= 0.3 is 6.08 Å². The summed E-state index contributed by atoms with van der Waals surface area (Å²) in [7, 11) is 0. The SMILES string of the molecule is N=c1c2c(nc(F)n1N)Oc1ccccc1C2. The molecule has 1 aliphatic heterocycles. The Labute approximate surface area is 95.8 Å². The number of rotatable bonds is 0. The third-order valence-corrected chi connectivity index (χ3v) is 2.72. The zero-order chi connectivity index (χ0) is 12.0. The van der Waals surface area contributed by atoms with E-state index in [2.05, 4.69) is 4.98 Å². The maximum absolute atomic E-state index is 13.3. The van der Waals surface area contributed by atoms with Crippen LogP contribution in [0.15, 0.2) is 24.3 Å². The van der Waals surface area contributed by atoms with Crippen LogP contribution in [0.2, 0.25) is 0 Å². The molecule has 1 aromatic carbocycles. The Morgan fingerprint density at radius 2 is 2.18 bits per heavy atom. The van der Waals surface area contributed by atoms with E-state index in [-0.39, 0.29) is 11.4 Å². The van der Waals surface area contributed by atoms with Gasteiger partial charge in [0.1, 0.15) is 5.75 Å². The van der Waals surface area contributed by atoms with Gasteiger partial charge in [-0.2, -0.15) is 9.37 Å². The minimum Gasteiger partial charge on any atom is -0.438 e. The summed E-state index contributed by atoms with van der Waals surface area (Å²) in [5.74, 6) is 6.12. The van der Waals surface area contributed by atoms with Crippen LogP contribution in [0.1, 0.15) is 11.1 Å². The molecule has 0 atom stereocenters. The number of fused-ring (bicyclic) bond motifs is 2. The van der Waals surface area contributed by atoms with E-state index in [1.165, 1.54) is 0 Å². The molecule has 17 heavy (non-hydrogen) atoms. The highest BCUT2D eigenvalue weighted by Crippen LogP contribution is 2.32. The second-order valence-electron chi connectivity index (χ2n) is 3.77. The Hall–Kier alpha value is -2.37. The number of benzene rings is 1. The number of nitrogens with one attached hydrogen (secondary N) is 1. The Bertz CT molecular complexity index is 665. The summed E-state index contributed by atoms with van der Waals surface area (Å²) in [5, 5.41) is 7.73. The van der Waals surface area contributed by atoms with Crippen LogP contribution in [-0.4, -0.2) is 9.66 Å². The second-order valence-corrected chi connectivity index (χ2v) is 3.77. The predicted octanol–water partition coefficient (Wildman–Crippen LogP) is 0.912. The smallest absolute Gasteiger partial charge is 0.312 e. The van der Waals surface area contributed by atoms with Crippen molar-refractivity contribution in [3.8, 4) is 11.6 Å². The van der Waals surface area contributed by atoms with E-state index < -0.39 is 6.08 Å². The Morgan fingerprint density at radius 3 is 3.00 bits per heavy atom. The number of nitrogens with two attached hydrogens (primary N) is 1. The normalized spacial score (nSPS) is 12.5.